The van der Waals surface area contributed by atoms with Crippen molar-refractivity contribution in [1.29, 1.82) is 0 Å². The van der Waals surface area contributed by atoms with Crippen LogP contribution in [-0.2, 0) is 6.54 Å². The predicted octanol–water partition coefficient (Wildman–Crippen LogP) is 3.27. The highest BCUT2D eigenvalue weighted by atomic mass is 79.9. The lowest BCUT2D eigenvalue weighted by Gasteiger charge is -1.99. The number of hydrogen-bond acceptors (Lipinski definition) is 3. The summed E-state index contributed by atoms with van der Waals surface area (Å²) in [5.74, 6) is 1.19. The zero-order valence-corrected chi connectivity index (χ0v) is 11.1. The first-order valence-corrected chi connectivity index (χ1v) is 7.19. The molecule has 0 bridgehead atoms. The van der Waals surface area contributed by atoms with Crippen LogP contribution in [0.25, 0.3) is 0 Å². The topological polar surface area (TPSA) is 12.0 Å². The highest BCUT2D eigenvalue weighted by Crippen LogP contribution is 2.25. The van der Waals surface area contributed by atoms with Gasteiger partial charge < -0.3 is 5.32 Å². The fraction of sp³-hybridized carbons (Fsp3) is 0.556. The van der Waals surface area contributed by atoms with Crippen LogP contribution in [0.4, 0.5) is 0 Å². The van der Waals surface area contributed by atoms with E-state index >= 15 is 0 Å². The monoisotopic (exact) mass is 279 g/mol. The summed E-state index contributed by atoms with van der Waals surface area (Å²) >= 11 is 7.25. The van der Waals surface area contributed by atoms with Gasteiger partial charge in [0.2, 0.25) is 0 Å². The van der Waals surface area contributed by atoms with E-state index in [1.165, 1.54) is 20.0 Å². The summed E-state index contributed by atoms with van der Waals surface area (Å²) in [6.07, 6.45) is 2.13. The van der Waals surface area contributed by atoms with Gasteiger partial charge in [0, 0.05) is 33.1 Å². The Morgan fingerprint density at radius 1 is 1.62 bits per heavy atom. The van der Waals surface area contributed by atoms with Crippen LogP contribution in [0.15, 0.2) is 10.5 Å². The van der Waals surface area contributed by atoms with Crippen LogP contribution in [-0.4, -0.2) is 18.6 Å². The van der Waals surface area contributed by atoms with Gasteiger partial charge in [0.15, 0.2) is 0 Å². The molecule has 0 saturated heterocycles. The summed E-state index contributed by atoms with van der Waals surface area (Å²) in [5.41, 5.74) is 0. The number of thioether (sulfide) groups is 1. The van der Waals surface area contributed by atoms with E-state index in [1.807, 2.05) is 23.1 Å². The van der Waals surface area contributed by atoms with Crippen molar-refractivity contribution in [2.24, 2.45) is 0 Å². The van der Waals surface area contributed by atoms with Crippen molar-refractivity contribution in [2.75, 3.05) is 18.6 Å². The Morgan fingerprint density at radius 2 is 2.38 bits per heavy atom. The third kappa shape index (κ3) is 4.02. The van der Waals surface area contributed by atoms with Gasteiger partial charge in [0.25, 0.3) is 0 Å². The molecule has 0 aliphatic heterocycles. The van der Waals surface area contributed by atoms with Gasteiger partial charge in [-0.15, -0.1) is 11.3 Å². The molecule has 4 heteroatoms. The summed E-state index contributed by atoms with van der Waals surface area (Å²) in [6.45, 7) is 4.23. The number of halogens is 1. The summed E-state index contributed by atoms with van der Waals surface area (Å²) in [7, 11) is 0. The standard InChI is InChI=1S/C9H14BrNS2/c1-7-9(10)5-8(13-7)6-11-3-4-12-2/h5,11H,3-4,6H2,1-2H3. The Labute approximate surface area is 96.4 Å². The third-order valence-electron chi connectivity index (χ3n) is 1.69. The van der Waals surface area contributed by atoms with E-state index in [2.05, 4.69) is 40.5 Å². The minimum atomic E-state index is 0.998. The summed E-state index contributed by atoms with van der Waals surface area (Å²) in [6, 6.07) is 2.20. The Kier molecular flexibility index (Phi) is 5.39. The lowest BCUT2D eigenvalue weighted by molar-refractivity contribution is 0.741. The quantitative estimate of drug-likeness (QED) is 0.831. The number of hydrogen-bond donors (Lipinski definition) is 1. The van der Waals surface area contributed by atoms with Gasteiger partial charge in [-0.25, -0.2) is 0 Å². The molecule has 0 spiro atoms. The Morgan fingerprint density at radius 3 is 2.92 bits per heavy atom. The van der Waals surface area contributed by atoms with Gasteiger partial charge in [-0.1, -0.05) is 0 Å². The molecular weight excluding hydrogens is 266 g/mol. The maximum Gasteiger partial charge on any atom is 0.0314 e. The SMILES string of the molecule is CSCCNCc1cc(Br)c(C)s1. The molecule has 1 nitrogen and oxygen atoms in total. The lowest BCUT2D eigenvalue weighted by atomic mass is 10.4. The Bertz CT molecular complexity index is 241. The molecule has 1 heterocycles. The van der Waals surface area contributed by atoms with Crippen molar-refractivity contribution in [1.82, 2.24) is 5.32 Å². The van der Waals surface area contributed by atoms with Gasteiger partial charge in [-0.05, 0) is 35.2 Å². The Balaban J connectivity index is 2.29. The van der Waals surface area contributed by atoms with Crippen molar-refractivity contribution >= 4 is 39.0 Å². The fourth-order valence-electron chi connectivity index (χ4n) is 0.991. The van der Waals surface area contributed by atoms with E-state index in [0.29, 0.717) is 0 Å². The molecule has 0 aliphatic carbocycles. The first-order chi connectivity index (χ1) is 6.24. The predicted molar refractivity (Wildman–Crippen MR) is 66.8 cm³/mol. The summed E-state index contributed by atoms with van der Waals surface area (Å²) in [5, 5.41) is 3.41. The second kappa shape index (κ2) is 6.06. The van der Waals surface area contributed by atoms with E-state index in [-0.39, 0.29) is 0 Å². The Hall–Kier alpha value is 0.490. The molecule has 0 unspecified atom stereocenters. The second-order valence-electron chi connectivity index (χ2n) is 2.79. The smallest absolute Gasteiger partial charge is 0.0314 e. The lowest BCUT2D eigenvalue weighted by Crippen LogP contribution is -2.15. The van der Waals surface area contributed by atoms with Gasteiger partial charge >= 0.3 is 0 Å². The summed E-state index contributed by atoms with van der Waals surface area (Å²) in [4.78, 5) is 2.77. The van der Waals surface area contributed by atoms with Gasteiger partial charge in [0.05, 0.1) is 0 Å². The molecule has 0 fully saturated rings. The number of aryl methyl sites for hydroxylation is 1. The van der Waals surface area contributed by atoms with Crippen molar-refractivity contribution in [3.63, 3.8) is 0 Å². The zero-order valence-electron chi connectivity index (χ0n) is 7.89. The highest BCUT2D eigenvalue weighted by molar-refractivity contribution is 9.10. The average molecular weight is 280 g/mol. The first kappa shape index (κ1) is 11.6. The highest BCUT2D eigenvalue weighted by Gasteiger charge is 2.01. The van der Waals surface area contributed by atoms with Crippen molar-refractivity contribution in [2.45, 2.75) is 13.5 Å². The molecule has 13 heavy (non-hydrogen) atoms. The van der Waals surface area contributed by atoms with Crippen LogP contribution in [0, 0.1) is 6.92 Å². The molecule has 0 aliphatic rings. The van der Waals surface area contributed by atoms with Crippen LogP contribution < -0.4 is 5.32 Å². The van der Waals surface area contributed by atoms with E-state index < -0.39 is 0 Å². The first-order valence-electron chi connectivity index (χ1n) is 4.18. The van der Waals surface area contributed by atoms with Crippen LogP contribution >= 0.6 is 39.0 Å². The molecule has 1 rings (SSSR count). The molecule has 0 atom stereocenters. The van der Waals surface area contributed by atoms with Gasteiger partial charge in [-0.2, -0.15) is 11.8 Å². The number of nitrogens with one attached hydrogen (secondary N) is 1. The molecule has 0 saturated carbocycles. The maximum absolute atomic E-state index is 3.52. The number of rotatable bonds is 5. The molecular formula is C9H14BrNS2. The molecule has 1 aromatic heterocycles. The third-order valence-corrected chi connectivity index (χ3v) is 4.44. The second-order valence-corrected chi connectivity index (χ2v) is 5.97. The normalized spacial score (nSPS) is 10.7. The average Bonchev–Trinajstić information content (AvgIpc) is 2.41. The van der Waals surface area contributed by atoms with E-state index in [0.717, 1.165) is 13.1 Å². The molecule has 0 radical (unpaired) electrons. The van der Waals surface area contributed by atoms with Crippen LogP contribution in [0.2, 0.25) is 0 Å². The number of thiophene rings is 1. The molecule has 0 amide bonds. The molecule has 0 aromatic carbocycles. The largest absolute Gasteiger partial charge is 0.311 e. The minimum absolute atomic E-state index is 0.998. The molecule has 1 aromatic rings. The van der Waals surface area contributed by atoms with Crippen molar-refractivity contribution < 1.29 is 0 Å². The van der Waals surface area contributed by atoms with Crippen molar-refractivity contribution in [3.8, 4) is 0 Å². The molecule has 74 valence electrons. The van der Waals surface area contributed by atoms with E-state index in [1.54, 1.807) is 0 Å². The van der Waals surface area contributed by atoms with Crippen LogP contribution in [0.1, 0.15) is 9.75 Å². The summed E-state index contributed by atoms with van der Waals surface area (Å²) < 4.78 is 1.24. The van der Waals surface area contributed by atoms with Crippen LogP contribution in [0.5, 0.6) is 0 Å². The molecule has 1 N–H and O–H groups in total. The minimum Gasteiger partial charge on any atom is -0.311 e. The van der Waals surface area contributed by atoms with Gasteiger partial charge in [0.1, 0.15) is 0 Å². The zero-order chi connectivity index (χ0) is 9.68. The van der Waals surface area contributed by atoms with Gasteiger partial charge in [-0.3, -0.25) is 0 Å². The fourth-order valence-corrected chi connectivity index (χ4v) is 2.91. The maximum atomic E-state index is 3.52. The van der Waals surface area contributed by atoms with Crippen LogP contribution in [0.3, 0.4) is 0 Å². The van der Waals surface area contributed by atoms with Crippen molar-refractivity contribution in [3.05, 3.63) is 20.3 Å². The van der Waals surface area contributed by atoms with E-state index in [4.69, 9.17) is 0 Å². The van der Waals surface area contributed by atoms with E-state index in [9.17, 15) is 0 Å².